The van der Waals surface area contributed by atoms with Gasteiger partial charge in [-0.3, -0.25) is 9.59 Å². The fourth-order valence-corrected chi connectivity index (χ4v) is 4.35. The van der Waals surface area contributed by atoms with Gasteiger partial charge < -0.3 is 15.4 Å². The van der Waals surface area contributed by atoms with Crippen LogP contribution in [0, 0.1) is 13.8 Å². The predicted molar refractivity (Wildman–Crippen MR) is 101 cm³/mol. The van der Waals surface area contributed by atoms with E-state index >= 15 is 0 Å². The number of nitrogens with one attached hydrogen (secondary N) is 2. The highest BCUT2D eigenvalue weighted by Gasteiger charge is 2.13. The Kier molecular flexibility index (Phi) is 5.19. The SMILES string of the molecule is Cc1sc2nc(CCC(=O)NCc3ccc(C(=O)O)s3)[nH]c(=O)c2c1C. The largest absolute Gasteiger partial charge is 0.477 e. The molecule has 0 aromatic carbocycles. The molecule has 136 valence electrons. The van der Waals surface area contributed by atoms with Crippen LogP contribution in [0.4, 0.5) is 0 Å². The minimum absolute atomic E-state index is 0.174. The van der Waals surface area contributed by atoms with Crippen molar-refractivity contribution < 1.29 is 14.7 Å². The van der Waals surface area contributed by atoms with Gasteiger partial charge in [0.05, 0.1) is 11.9 Å². The molecule has 0 aliphatic rings. The fraction of sp³-hybridized carbons (Fsp3) is 0.294. The molecular formula is C17H17N3O4S2. The third kappa shape index (κ3) is 3.83. The second kappa shape index (κ2) is 7.38. The lowest BCUT2D eigenvalue weighted by Gasteiger charge is -2.04. The molecule has 0 saturated heterocycles. The summed E-state index contributed by atoms with van der Waals surface area (Å²) in [6, 6.07) is 3.20. The molecule has 0 unspecified atom stereocenters. The molecule has 26 heavy (non-hydrogen) atoms. The summed E-state index contributed by atoms with van der Waals surface area (Å²) in [6.07, 6.45) is 0.521. The molecule has 0 saturated carbocycles. The molecule has 0 fully saturated rings. The zero-order valence-electron chi connectivity index (χ0n) is 14.2. The van der Waals surface area contributed by atoms with Gasteiger partial charge in [-0.15, -0.1) is 22.7 Å². The fourth-order valence-electron chi connectivity index (χ4n) is 2.51. The van der Waals surface area contributed by atoms with Crippen LogP contribution in [-0.2, 0) is 17.8 Å². The normalized spacial score (nSPS) is 11.0. The van der Waals surface area contributed by atoms with E-state index in [9.17, 15) is 14.4 Å². The van der Waals surface area contributed by atoms with Crippen molar-refractivity contribution in [3.8, 4) is 0 Å². The van der Waals surface area contributed by atoms with E-state index in [1.807, 2.05) is 13.8 Å². The highest BCUT2D eigenvalue weighted by atomic mass is 32.1. The average Bonchev–Trinajstić information content (AvgIpc) is 3.16. The number of aromatic carboxylic acids is 1. The smallest absolute Gasteiger partial charge is 0.345 e. The Morgan fingerprint density at radius 3 is 2.73 bits per heavy atom. The number of aromatic amines is 1. The molecule has 0 spiro atoms. The van der Waals surface area contributed by atoms with Gasteiger partial charge in [-0.25, -0.2) is 9.78 Å². The third-order valence-corrected chi connectivity index (χ3v) is 6.18. The van der Waals surface area contributed by atoms with Crippen molar-refractivity contribution in [3.63, 3.8) is 0 Å². The number of thiophene rings is 2. The van der Waals surface area contributed by atoms with Crippen molar-refractivity contribution in [2.75, 3.05) is 0 Å². The molecule has 3 aromatic rings. The van der Waals surface area contributed by atoms with E-state index in [1.54, 1.807) is 6.07 Å². The van der Waals surface area contributed by atoms with Crippen LogP contribution in [0.1, 0.15) is 37.2 Å². The summed E-state index contributed by atoms with van der Waals surface area (Å²) >= 11 is 2.61. The first-order valence-electron chi connectivity index (χ1n) is 7.92. The van der Waals surface area contributed by atoms with Crippen LogP contribution in [0.25, 0.3) is 10.2 Å². The lowest BCUT2D eigenvalue weighted by molar-refractivity contribution is -0.121. The highest BCUT2D eigenvalue weighted by Crippen LogP contribution is 2.25. The van der Waals surface area contributed by atoms with E-state index < -0.39 is 5.97 Å². The molecule has 0 radical (unpaired) electrons. The van der Waals surface area contributed by atoms with E-state index in [4.69, 9.17) is 5.11 Å². The number of H-pyrrole nitrogens is 1. The van der Waals surface area contributed by atoms with Gasteiger partial charge in [-0.1, -0.05) is 0 Å². The molecule has 0 aliphatic carbocycles. The van der Waals surface area contributed by atoms with E-state index in [0.29, 0.717) is 22.5 Å². The van der Waals surface area contributed by atoms with Crippen molar-refractivity contribution in [2.45, 2.75) is 33.2 Å². The van der Waals surface area contributed by atoms with Gasteiger partial charge in [-0.05, 0) is 31.5 Å². The number of carbonyl (C=O) groups excluding carboxylic acids is 1. The average molecular weight is 391 g/mol. The van der Waals surface area contributed by atoms with Crippen LogP contribution in [0.3, 0.4) is 0 Å². The highest BCUT2D eigenvalue weighted by molar-refractivity contribution is 7.18. The van der Waals surface area contributed by atoms with Crippen molar-refractivity contribution in [1.29, 1.82) is 0 Å². The van der Waals surface area contributed by atoms with E-state index in [-0.39, 0.29) is 29.3 Å². The minimum Gasteiger partial charge on any atom is -0.477 e. The van der Waals surface area contributed by atoms with Gasteiger partial charge in [0.25, 0.3) is 5.56 Å². The maximum atomic E-state index is 12.2. The number of carboxylic acid groups (broad SMARTS) is 1. The number of fused-ring (bicyclic) bond motifs is 1. The van der Waals surface area contributed by atoms with Crippen LogP contribution < -0.4 is 10.9 Å². The second-order valence-electron chi connectivity index (χ2n) is 5.82. The summed E-state index contributed by atoms with van der Waals surface area (Å²) in [5.41, 5.74) is 0.770. The summed E-state index contributed by atoms with van der Waals surface area (Å²) in [5.74, 6) is -0.670. The molecule has 0 bridgehead atoms. The van der Waals surface area contributed by atoms with Crippen LogP contribution in [0.15, 0.2) is 16.9 Å². The van der Waals surface area contributed by atoms with Crippen molar-refractivity contribution in [2.24, 2.45) is 0 Å². The first kappa shape index (κ1) is 18.3. The summed E-state index contributed by atoms with van der Waals surface area (Å²) in [6.45, 7) is 4.14. The Balaban J connectivity index is 1.59. The zero-order chi connectivity index (χ0) is 18.8. The monoisotopic (exact) mass is 391 g/mol. The van der Waals surface area contributed by atoms with Crippen LogP contribution >= 0.6 is 22.7 Å². The second-order valence-corrected chi connectivity index (χ2v) is 8.20. The molecule has 7 nitrogen and oxygen atoms in total. The maximum Gasteiger partial charge on any atom is 0.345 e. The van der Waals surface area contributed by atoms with Gasteiger partial charge in [0, 0.05) is 22.6 Å². The molecule has 3 rings (SSSR count). The predicted octanol–water partition coefficient (Wildman–Crippen LogP) is 2.61. The Morgan fingerprint density at radius 2 is 2.04 bits per heavy atom. The minimum atomic E-state index is -0.975. The molecule has 0 atom stereocenters. The summed E-state index contributed by atoms with van der Waals surface area (Å²) in [7, 11) is 0. The van der Waals surface area contributed by atoms with Crippen molar-refractivity contribution in [3.05, 3.63) is 48.5 Å². The standard InChI is InChI=1S/C17H17N3O4S2/c1-8-9(2)25-16-14(8)15(22)19-12(20-16)5-6-13(21)18-7-10-3-4-11(26-10)17(23)24/h3-4H,5-7H2,1-2H3,(H,18,21)(H,23,24)(H,19,20,22). The number of hydrogen-bond acceptors (Lipinski definition) is 6. The molecular weight excluding hydrogens is 374 g/mol. The number of carbonyl (C=O) groups is 2. The maximum absolute atomic E-state index is 12.2. The van der Waals surface area contributed by atoms with Crippen LogP contribution in [0.5, 0.6) is 0 Å². The summed E-state index contributed by atoms with van der Waals surface area (Å²) in [4.78, 5) is 45.0. The Bertz CT molecular complexity index is 1050. The first-order chi connectivity index (χ1) is 12.3. The van der Waals surface area contributed by atoms with Crippen molar-refractivity contribution >= 4 is 44.8 Å². The van der Waals surface area contributed by atoms with Crippen LogP contribution in [-0.4, -0.2) is 27.0 Å². The number of hydrogen-bond donors (Lipinski definition) is 3. The first-order valence-corrected chi connectivity index (χ1v) is 9.56. The number of amides is 1. The quantitative estimate of drug-likeness (QED) is 0.598. The third-order valence-electron chi connectivity index (χ3n) is 4.01. The van der Waals surface area contributed by atoms with Gasteiger partial charge in [0.2, 0.25) is 5.91 Å². The molecule has 1 amide bonds. The zero-order valence-corrected chi connectivity index (χ0v) is 15.8. The van der Waals surface area contributed by atoms with Crippen LogP contribution in [0.2, 0.25) is 0 Å². The summed E-state index contributed by atoms with van der Waals surface area (Å²) < 4.78 is 0. The lowest BCUT2D eigenvalue weighted by atomic mass is 10.2. The number of aromatic nitrogens is 2. The van der Waals surface area contributed by atoms with E-state index in [2.05, 4.69) is 15.3 Å². The topological polar surface area (TPSA) is 112 Å². The molecule has 0 aliphatic heterocycles. The molecule has 9 heteroatoms. The molecule has 3 heterocycles. The number of nitrogens with zero attached hydrogens (tertiary/aromatic N) is 1. The molecule has 3 aromatic heterocycles. The lowest BCUT2D eigenvalue weighted by Crippen LogP contribution is -2.23. The van der Waals surface area contributed by atoms with E-state index in [1.165, 1.54) is 17.4 Å². The number of rotatable bonds is 6. The van der Waals surface area contributed by atoms with Gasteiger partial charge in [-0.2, -0.15) is 0 Å². The van der Waals surface area contributed by atoms with E-state index in [0.717, 1.165) is 26.7 Å². The molecule has 3 N–H and O–H groups in total. The summed E-state index contributed by atoms with van der Waals surface area (Å²) in [5, 5.41) is 12.3. The van der Waals surface area contributed by atoms with Gasteiger partial charge in [0.15, 0.2) is 0 Å². The van der Waals surface area contributed by atoms with Crippen molar-refractivity contribution in [1.82, 2.24) is 15.3 Å². The Morgan fingerprint density at radius 1 is 1.27 bits per heavy atom. The Labute approximate surface area is 156 Å². The number of carboxylic acids is 1. The number of aryl methyl sites for hydroxylation is 3. The van der Waals surface area contributed by atoms with Gasteiger partial charge in [0.1, 0.15) is 15.5 Å². The Hall–Kier alpha value is -2.52. The van der Waals surface area contributed by atoms with Gasteiger partial charge >= 0.3 is 5.97 Å².